The number of rotatable bonds is 3. The first-order valence-electron chi connectivity index (χ1n) is 6.70. The van der Waals surface area contributed by atoms with Crippen LogP contribution in [0, 0.1) is 17.2 Å². The van der Waals surface area contributed by atoms with Crippen LogP contribution in [0.15, 0.2) is 29.2 Å². The average Bonchev–Trinajstić information content (AvgIpc) is 2.42. The summed E-state index contributed by atoms with van der Waals surface area (Å²) in [5.41, 5.74) is 6.84. The highest BCUT2D eigenvalue weighted by atomic mass is 32.2. The van der Waals surface area contributed by atoms with Gasteiger partial charge in [-0.1, -0.05) is 19.1 Å². The Hall–Kier alpha value is -1.42. The molecule has 20 heavy (non-hydrogen) atoms. The van der Waals surface area contributed by atoms with Crippen molar-refractivity contribution in [1.29, 1.82) is 5.26 Å². The molecule has 2 rings (SSSR count). The molecule has 0 amide bonds. The molecule has 2 N–H and O–H groups in total. The summed E-state index contributed by atoms with van der Waals surface area (Å²) in [4.78, 5) is 0.240. The zero-order valence-electron chi connectivity index (χ0n) is 11.5. The van der Waals surface area contributed by atoms with Crippen LogP contribution in [-0.4, -0.2) is 25.4 Å². The van der Waals surface area contributed by atoms with Crippen molar-refractivity contribution in [1.82, 2.24) is 4.31 Å². The third-order valence-electron chi connectivity index (χ3n) is 3.77. The quantitative estimate of drug-likeness (QED) is 0.914. The highest BCUT2D eigenvalue weighted by molar-refractivity contribution is 7.89. The summed E-state index contributed by atoms with van der Waals surface area (Å²) in [6.07, 6.45) is 1.60. The van der Waals surface area contributed by atoms with Gasteiger partial charge in [0.25, 0.3) is 0 Å². The van der Waals surface area contributed by atoms with Gasteiger partial charge in [0.15, 0.2) is 0 Å². The molecule has 2 atom stereocenters. The highest BCUT2D eigenvalue weighted by Crippen LogP contribution is 2.26. The molecular weight excluding hydrogens is 274 g/mol. The van der Waals surface area contributed by atoms with E-state index in [0.29, 0.717) is 6.54 Å². The lowest BCUT2D eigenvalue weighted by atomic mass is 9.99. The minimum Gasteiger partial charge on any atom is -0.315 e. The standard InChI is InChI=1S/C14H19N3O2S/c1-11-3-2-10-17(14(11)16)20(18,19)13-6-4-12(5-7-13)8-9-15/h4-7,11,14H,2-3,8,10,16H2,1H3. The van der Waals surface area contributed by atoms with E-state index >= 15 is 0 Å². The van der Waals surface area contributed by atoms with Crippen LogP contribution in [0.1, 0.15) is 25.3 Å². The first kappa shape index (κ1) is 15.0. The molecule has 2 unspecified atom stereocenters. The summed E-state index contributed by atoms with van der Waals surface area (Å²) in [7, 11) is -3.55. The Morgan fingerprint density at radius 1 is 1.40 bits per heavy atom. The minimum absolute atomic E-state index is 0.163. The molecule has 1 fully saturated rings. The molecule has 1 aliphatic rings. The van der Waals surface area contributed by atoms with Gasteiger partial charge in [-0.2, -0.15) is 9.57 Å². The maximum atomic E-state index is 12.6. The molecule has 0 bridgehead atoms. The molecule has 1 aliphatic heterocycles. The lowest BCUT2D eigenvalue weighted by Gasteiger charge is -2.36. The SMILES string of the molecule is CC1CCCN(S(=O)(=O)c2ccc(CC#N)cc2)C1N. The zero-order valence-corrected chi connectivity index (χ0v) is 12.3. The molecule has 6 heteroatoms. The largest absolute Gasteiger partial charge is 0.315 e. The molecule has 1 heterocycles. The lowest BCUT2D eigenvalue weighted by molar-refractivity contribution is 0.192. The summed E-state index contributed by atoms with van der Waals surface area (Å²) in [6, 6.07) is 8.49. The van der Waals surface area contributed by atoms with Crippen molar-refractivity contribution in [2.24, 2.45) is 11.7 Å². The van der Waals surface area contributed by atoms with Crippen LogP contribution in [0.2, 0.25) is 0 Å². The van der Waals surface area contributed by atoms with E-state index in [1.165, 1.54) is 4.31 Å². The summed E-state index contributed by atoms with van der Waals surface area (Å²) < 4.78 is 26.6. The summed E-state index contributed by atoms with van der Waals surface area (Å²) in [6.45, 7) is 2.44. The molecule has 0 aliphatic carbocycles. The summed E-state index contributed by atoms with van der Waals surface area (Å²) in [5, 5.41) is 8.62. The second-order valence-corrected chi connectivity index (χ2v) is 7.10. The van der Waals surface area contributed by atoms with Crippen molar-refractivity contribution in [3.8, 4) is 6.07 Å². The van der Waals surface area contributed by atoms with Gasteiger partial charge < -0.3 is 5.73 Å². The second-order valence-electron chi connectivity index (χ2n) is 5.20. The summed E-state index contributed by atoms with van der Waals surface area (Å²) in [5.74, 6) is 0.163. The van der Waals surface area contributed by atoms with Crippen molar-refractivity contribution >= 4 is 10.0 Å². The van der Waals surface area contributed by atoms with Gasteiger partial charge in [-0.3, -0.25) is 0 Å². The number of benzene rings is 1. The van der Waals surface area contributed by atoms with Gasteiger partial charge in [0.1, 0.15) is 0 Å². The molecule has 5 nitrogen and oxygen atoms in total. The maximum Gasteiger partial charge on any atom is 0.244 e. The number of piperidine rings is 1. The van der Waals surface area contributed by atoms with Gasteiger partial charge in [-0.25, -0.2) is 8.42 Å². The van der Waals surface area contributed by atoms with Gasteiger partial charge >= 0.3 is 0 Å². The first-order chi connectivity index (χ1) is 9.46. The van der Waals surface area contributed by atoms with E-state index in [-0.39, 0.29) is 17.2 Å². The molecule has 0 aromatic heterocycles. The normalized spacial score (nSPS) is 24.2. The van der Waals surface area contributed by atoms with Crippen LogP contribution in [-0.2, 0) is 16.4 Å². The summed E-state index contributed by atoms with van der Waals surface area (Å²) >= 11 is 0. The number of nitrogens with zero attached hydrogens (tertiary/aromatic N) is 2. The molecule has 0 radical (unpaired) electrons. The van der Waals surface area contributed by atoms with Crippen molar-refractivity contribution in [2.45, 2.75) is 37.2 Å². The van der Waals surface area contributed by atoms with E-state index in [4.69, 9.17) is 11.0 Å². The van der Waals surface area contributed by atoms with Gasteiger partial charge in [0, 0.05) is 6.54 Å². The fourth-order valence-corrected chi connectivity index (χ4v) is 4.11. The van der Waals surface area contributed by atoms with Gasteiger partial charge in [0.05, 0.1) is 23.6 Å². The van der Waals surface area contributed by atoms with Crippen LogP contribution in [0.5, 0.6) is 0 Å². The third-order valence-corrected chi connectivity index (χ3v) is 5.68. The molecule has 108 valence electrons. The van der Waals surface area contributed by atoms with Crippen molar-refractivity contribution in [3.63, 3.8) is 0 Å². The predicted molar refractivity (Wildman–Crippen MR) is 76.0 cm³/mol. The van der Waals surface area contributed by atoms with E-state index in [9.17, 15) is 8.42 Å². The van der Waals surface area contributed by atoms with Crippen molar-refractivity contribution in [2.75, 3.05) is 6.54 Å². The molecule has 0 saturated carbocycles. The first-order valence-corrected chi connectivity index (χ1v) is 8.14. The number of sulfonamides is 1. The molecule has 1 saturated heterocycles. The smallest absolute Gasteiger partial charge is 0.244 e. The van der Waals surface area contributed by atoms with E-state index in [1.807, 2.05) is 13.0 Å². The maximum absolute atomic E-state index is 12.6. The van der Waals surface area contributed by atoms with Gasteiger partial charge in [-0.15, -0.1) is 0 Å². The lowest BCUT2D eigenvalue weighted by Crippen LogP contribution is -2.52. The van der Waals surface area contributed by atoms with Crippen molar-refractivity contribution < 1.29 is 8.42 Å². The van der Waals surface area contributed by atoms with E-state index in [0.717, 1.165) is 18.4 Å². The third kappa shape index (κ3) is 2.85. The minimum atomic E-state index is -3.55. The van der Waals surface area contributed by atoms with Crippen LogP contribution >= 0.6 is 0 Å². The molecular formula is C14H19N3O2S. The second kappa shape index (κ2) is 5.92. The van der Waals surface area contributed by atoms with Gasteiger partial charge in [-0.05, 0) is 36.5 Å². The number of nitriles is 1. The number of hydrogen-bond acceptors (Lipinski definition) is 4. The Balaban J connectivity index is 2.28. The zero-order chi connectivity index (χ0) is 14.8. The monoisotopic (exact) mass is 293 g/mol. The van der Waals surface area contributed by atoms with E-state index in [2.05, 4.69) is 0 Å². The van der Waals surface area contributed by atoms with Crippen LogP contribution in [0.25, 0.3) is 0 Å². The Morgan fingerprint density at radius 3 is 2.65 bits per heavy atom. The topological polar surface area (TPSA) is 87.2 Å². The predicted octanol–water partition coefficient (Wildman–Crippen LogP) is 1.46. The Kier molecular flexibility index (Phi) is 4.43. The van der Waals surface area contributed by atoms with Crippen molar-refractivity contribution in [3.05, 3.63) is 29.8 Å². The van der Waals surface area contributed by atoms with E-state index < -0.39 is 16.2 Å². The fraction of sp³-hybridized carbons (Fsp3) is 0.500. The average molecular weight is 293 g/mol. The number of nitrogens with two attached hydrogens (primary N) is 1. The van der Waals surface area contributed by atoms with E-state index in [1.54, 1.807) is 24.3 Å². The highest BCUT2D eigenvalue weighted by Gasteiger charge is 2.34. The number of hydrogen-bond donors (Lipinski definition) is 1. The molecule has 0 spiro atoms. The fourth-order valence-electron chi connectivity index (χ4n) is 2.46. The Bertz CT molecular complexity index is 604. The van der Waals surface area contributed by atoms with Crippen LogP contribution < -0.4 is 5.73 Å². The van der Waals surface area contributed by atoms with Crippen LogP contribution in [0.4, 0.5) is 0 Å². The molecule has 1 aromatic rings. The Labute approximate surface area is 120 Å². The molecule has 1 aromatic carbocycles. The van der Waals surface area contributed by atoms with Crippen LogP contribution in [0.3, 0.4) is 0 Å². The van der Waals surface area contributed by atoms with Gasteiger partial charge in [0.2, 0.25) is 10.0 Å². The Morgan fingerprint density at radius 2 is 2.05 bits per heavy atom.